The molecule has 0 spiro atoms. The Kier molecular flexibility index (Phi) is 51.0. The van der Waals surface area contributed by atoms with Crippen molar-refractivity contribution in [1.29, 1.82) is 0 Å². The highest BCUT2D eigenvalue weighted by molar-refractivity contribution is 7.47. The van der Waals surface area contributed by atoms with Gasteiger partial charge in [-0.15, -0.1) is 0 Å². The first kappa shape index (κ1) is 68.4. The fraction of sp³-hybridized carbons (Fsp3) is 0.683. The van der Waals surface area contributed by atoms with Crippen LogP contribution in [-0.2, 0) is 42.2 Å². The molecular weight excluding hydrogens is 928 g/mol. The number of esters is 3. The van der Waals surface area contributed by atoms with E-state index in [1.54, 1.807) is 6.08 Å². The molecule has 0 amide bonds. The lowest BCUT2D eigenvalue weighted by Gasteiger charge is -2.21. The molecule has 0 aromatic rings. The fourth-order valence-electron chi connectivity index (χ4n) is 7.23. The van der Waals surface area contributed by atoms with Gasteiger partial charge >= 0.3 is 25.7 Å². The van der Waals surface area contributed by atoms with Crippen molar-refractivity contribution in [3.8, 4) is 0 Å². The summed E-state index contributed by atoms with van der Waals surface area (Å²) < 4.78 is 39.3. The molecule has 2 N–H and O–H groups in total. The van der Waals surface area contributed by atoms with Gasteiger partial charge in [-0.3, -0.25) is 23.4 Å². The van der Waals surface area contributed by atoms with E-state index in [1.165, 1.54) is 57.8 Å². The quantitative estimate of drug-likeness (QED) is 0.0197. The van der Waals surface area contributed by atoms with E-state index in [-0.39, 0.29) is 25.9 Å². The van der Waals surface area contributed by atoms with E-state index in [2.05, 4.69) is 93.7 Å². The average Bonchev–Trinajstić information content (AvgIpc) is 3.37. The molecule has 3 atom stereocenters. The molecule has 0 aliphatic heterocycles. The second-order valence-electron chi connectivity index (χ2n) is 18.4. The van der Waals surface area contributed by atoms with Gasteiger partial charge in [0.05, 0.1) is 26.2 Å². The second-order valence-corrected chi connectivity index (χ2v) is 19.8. The Morgan fingerprint density at radius 1 is 0.417 bits per heavy atom. The van der Waals surface area contributed by atoms with Gasteiger partial charge in [-0.25, -0.2) is 4.57 Å². The number of allylic oxidation sites excluding steroid dienone is 15. The van der Waals surface area contributed by atoms with Crippen molar-refractivity contribution in [2.75, 3.05) is 26.4 Å². The maximum absolute atomic E-state index is 12.9. The number of hydrogen-bond acceptors (Lipinski definition) is 10. The van der Waals surface area contributed by atoms with E-state index < -0.39 is 57.8 Å². The van der Waals surface area contributed by atoms with Crippen molar-refractivity contribution in [1.82, 2.24) is 0 Å². The Bertz CT molecular complexity index is 1580. The molecule has 412 valence electrons. The third-order valence-corrected chi connectivity index (χ3v) is 12.4. The van der Waals surface area contributed by atoms with Gasteiger partial charge in [0.15, 0.2) is 6.10 Å². The van der Waals surface area contributed by atoms with Gasteiger partial charge in [0.2, 0.25) is 0 Å². The van der Waals surface area contributed by atoms with Crippen molar-refractivity contribution in [3.63, 3.8) is 0 Å². The standard InChI is InChI=1S/C60H101O11P/c1-4-7-10-13-16-19-22-25-27-28-30-33-36-39-42-45-48-51-60(64)71-57(53-67-58(62)49-46-43-40-37-34-31-24-21-18-15-12-9-6-3)55-69-72(65,66)68-54-56(52-61)70-59(63)50-47-44-41-38-35-32-29-26-23-20-17-14-11-8-5-2/h8,11-12,15,17,20-21,24-27,29,35,38,44,47,56-57,61H,4-7,9-10,13-14,16,18-19,22-23,28,30-34,36-37,39-43,45-46,48-55H2,1-3H3,(H,65,66)/b11-8-,15-12-,20-17-,24-21-,27-25-,29-26-,38-35-,47-44-. The Morgan fingerprint density at radius 3 is 1.29 bits per heavy atom. The van der Waals surface area contributed by atoms with Crippen LogP contribution >= 0.6 is 7.82 Å². The minimum atomic E-state index is -4.78. The minimum Gasteiger partial charge on any atom is -0.462 e. The van der Waals surface area contributed by atoms with Gasteiger partial charge < -0.3 is 24.2 Å². The Hall–Kier alpha value is -3.60. The summed E-state index contributed by atoms with van der Waals surface area (Å²) in [5.41, 5.74) is 0. The molecule has 0 radical (unpaired) electrons. The lowest BCUT2D eigenvalue weighted by molar-refractivity contribution is -0.161. The van der Waals surface area contributed by atoms with Crippen LogP contribution in [0.3, 0.4) is 0 Å². The summed E-state index contributed by atoms with van der Waals surface area (Å²) in [5, 5.41) is 9.78. The highest BCUT2D eigenvalue weighted by Crippen LogP contribution is 2.43. The molecule has 0 saturated carbocycles. The van der Waals surface area contributed by atoms with Gasteiger partial charge in [0.1, 0.15) is 12.7 Å². The van der Waals surface area contributed by atoms with Crippen molar-refractivity contribution in [2.45, 2.75) is 238 Å². The third-order valence-electron chi connectivity index (χ3n) is 11.5. The van der Waals surface area contributed by atoms with Crippen LogP contribution in [0.2, 0.25) is 0 Å². The van der Waals surface area contributed by atoms with Gasteiger partial charge in [0.25, 0.3) is 0 Å². The second kappa shape index (κ2) is 53.7. The molecule has 0 saturated heterocycles. The number of ether oxygens (including phenoxy) is 3. The maximum atomic E-state index is 12.9. The van der Waals surface area contributed by atoms with Crippen molar-refractivity contribution in [3.05, 3.63) is 97.2 Å². The van der Waals surface area contributed by atoms with E-state index in [1.807, 2.05) is 18.2 Å². The first-order valence-electron chi connectivity index (χ1n) is 28.1. The molecule has 11 nitrogen and oxygen atoms in total. The molecule has 0 heterocycles. The molecule has 0 rings (SSSR count). The first-order chi connectivity index (χ1) is 35.2. The number of carbonyl (C=O) groups is 3. The number of hydrogen-bond donors (Lipinski definition) is 2. The smallest absolute Gasteiger partial charge is 0.462 e. The van der Waals surface area contributed by atoms with E-state index >= 15 is 0 Å². The van der Waals surface area contributed by atoms with Crippen LogP contribution in [0.4, 0.5) is 0 Å². The third kappa shape index (κ3) is 51.3. The molecule has 0 aromatic heterocycles. The summed E-state index contributed by atoms with van der Waals surface area (Å²) in [4.78, 5) is 48.4. The number of aliphatic hydroxyl groups is 1. The van der Waals surface area contributed by atoms with Crippen LogP contribution in [0.25, 0.3) is 0 Å². The topological polar surface area (TPSA) is 155 Å². The van der Waals surface area contributed by atoms with Crippen LogP contribution in [0.1, 0.15) is 226 Å². The molecule has 0 aromatic carbocycles. The summed E-state index contributed by atoms with van der Waals surface area (Å²) in [7, 11) is -4.78. The predicted molar refractivity (Wildman–Crippen MR) is 297 cm³/mol. The first-order valence-corrected chi connectivity index (χ1v) is 29.6. The van der Waals surface area contributed by atoms with Crippen LogP contribution in [0, 0.1) is 0 Å². The van der Waals surface area contributed by atoms with Gasteiger partial charge in [-0.2, -0.15) is 0 Å². The molecule has 0 fully saturated rings. The lowest BCUT2D eigenvalue weighted by atomic mass is 10.1. The number of carbonyl (C=O) groups excluding carboxylic acids is 3. The van der Waals surface area contributed by atoms with Crippen LogP contribution in [0.5, 0.6) is 0 Å². The molecule has 72 heavy (non-hydrogen) atoms. The van der Waals surface area contributed by atoms with Gasteiger partial charge in [-0.05, 0) is 96.3 Å². The van der Waals surface area contributed by atoms with E-state index in [0.29, 0.717) is 19.3 Å². The zero-order chi connectivity index (χ0) is 52.7. The van der Waals surface area contributed by atoms with Crippen molar-refractivity contribution >= 4 is 25.7 Å². The lowest BCUT2D eigenvalue weighted by Crippen LogP contribution is -2.30. The normalized spacial score (nSPS) is 14.1. The summed E-state index contributed by atoms with van der Waals surface area (Å²) in [6.45, 7) is 4.32. The molecular formula is C60H101O11P. The average molecular weight is 1030 g/mol. The summed E-state index contributed by atoms with van der Waals surface area (Å²) >= 11 is 0. The summed E-state index contributed by atoms with van der Waals surface area (Å²) in [6, 6.07) is 0. The predicted octanol–water partition coefficient (Wildman–Crippen LogP) is 16.5. The van der Waals surface area contributed by atoms with Gasteiger partial charge in [-0.1, -0.05) is 208 Å². The number of phosphoric acid groups is 1. The van der Waals surface area contributed by atoms with E-state index in [9.17, 15) is 28.9 Å². The van der Waals surface area contributed by atoms with Crippen molar-refractivity contribution < 1.29 is 52.2 Å². The summed E-state index contributed by atoms with van der Waals surface area (Å²) in [5.74, 6) is -1.63. The molecule has 0 bridgehead atoms. The van der Waals surface area contributed by atoms with E-state index in [0.717, 1.165) is 109 Å². The number of rotatable bonds is 51. The molecule has 12 heteroatoms. The van der Waals surface area contributed by atoms with Crippen LogP contribution < -0.4 is 0 Å². The van der Waals surface area contributed by atoms with Crippen LogP contribution in [-0.4, -0.2) is 66.5 Å². The SMILES string of the molecule is CC/C=C\C/C=C\C/C=C\C/C=C\C/C=C\CC(=O)OC(CO)COP(=O)(O)OCC(COC(=O)CCCCCCC/C=C\C/C=C\CCC)OC(=O)CCCCCCCCC/C=C\CCCCCCCC. The highest BCUT2D eigenvalue weighted by atomic mass is 31.2. The number of unbranched alkanes of at least 4 members (excludes halogenated alkanes) is 19. The monoisotopic (exact) mass is 1030 g/mol. The van der Waals surface area contributed by atoms with Crippen molar-refractivity contribution in [2.24, 2.45) is 0 Å². The fourth-order valence-corrected chi connectivity index (χ4v) is 8.01. The molecule has 0 aliphatic carbocycles. The maximum Gasteiger partial charge on any atom is 0.472 e. The molecule has 0 aliphatic rings. The molecule has 3 unspecified atom stereocenters. The van der Waals surface area contributed by atoms with E-state index in [4.69, 9.17) is 23.3 Å². The Labute approximate surface area is 438 Å². The largest absolute Gasteiger partial charge is 0.472 e. The Morgan fingerprint density at radius 2 is 0.806 bits per heavy atom. The number of aliphatic hydroxyl groups excluding tert-OH is 1. The van der Waals surface area contributed by atoms with Crippen LogP contribution in [0.15, 0.2) is 97.2 Å². The summed E-state index contributed by atoms with van der Waals surface area (Å²) in [6.07, 6.45) is 62.5. The Balaban J connectivity index is 4.83. The minimum absolute atomic E-state index is 0.0595. The van der Waals surface area contributed by atoms with Gasteiger partial charge in [0, 0.05) is 12.8 Å². The highest BCUT2D eigenvalue weighted by Gasteiger charge is 2.28. The zero-order valence-electron chi connectivity index (χ0n) is 45.4. The number of phosphoric ester groups is 1. The zero-order valence-corrected chi connectivity index (χ0v) is 46.3.